The van der Waals surface area contributed by atoms with E-state index in [0.717, 1.165) is 39.6 Å². The molecular formula is C14H16IN3OS. The van der Waals surface area contributed by atoms with Crippen molar-refractivity contribution >= 4 is 57.6 Å². The Bertz CT molecular complexity index is 665. The van der Waals surface area contributed by atoms with Gasteiger partial charge in [0.05, 0.1) is 13.1 Å². The number of carbonyl (C=O) groups is 1. The minimum absolute atomic E-state index is 0. The number of aryl methyl sites for hydroxylation is 1. The Labute approximate surface area is 138 Å². The Morgan fingerprint density at radius 2 is 2.25 bits per heavy atom. The number of ketones is 1. The Hall–Kier alpha value is -1.02. The first-order valence-electron chi connectivity index (χ1n) is 6.27. The molecule has 0 fully saturated rings. The molecule has 1 aromatic carbocycles. The highest BCUT2D eigenvalue weighted by molar-refractivity contribution is 14.0. The molecule has 6 heteroatoms. The number of nitrogens with zero attached hydrogens (tertiary/aromatic N) is 1. The van der Waals surface area contributed by atoms with Crippen LogP contribution in [0.1, 0.15) is 16.1 Å². The summed E-state index contributed by atoms with van der Waals surface area (Å²) in [5.74, 6) is 1.10. The minimum Gasteiger partial charge on any atom is -0.358 e. The largest absolute Gasteiger partial charge is 0.358 e. The molecule has 2 N–H and O–H groups in total. The van der Waals surface area contributed by atoms with E-state index in [4.69, 9.17) is 0 Å². The van der Waals surface area contributed by atoms with Crippen LogP contribution >= 0.6 is 35.7 Å². The Morgan fingerprint density at radius 3 is 3.00 bits per heavy atom. The first kappa shape index (κ1) is 15.4. The lowest BCUT2D eigenvalue weighted by Crippen LogP contribution is -2.26. The lowest BCUT2D eigenvalue weighted by atomic mass is 10.1. The van der Waals surface area contributed by atoms with Crippen molar-refractivity contribution in [3.63, 3.8) is 0 Å². The zero-order chi connectivity index (χ0) is 13.2. The summed E-state index contributed by atoms with van der Waals surface area (Å²) in [4.78, 5) is 19.9. The highest BCUT2D eigenvalue weighted by Crippen LogP contribution is 2.22. The standard InChI is InChI=1S/C14H15N3OS.HI/c1-9-13(10-4-2-3-5-11(10)17-9)12(18)8-16-14-15-6-7-19-14;/h2-5,17H,6-8H2,1H3,(H,15,16);1H. The summed E-state index contributed by atoms with van der Waals surface area (Å²) in [7, 11) is 0. The number of Topliss-reactive ketones (excluding diaryl/α,β-unsaturated/α-hetero) is 1. The maximum atomic E-state index is 12.4. The van der Waals surface area contributed by atoms with E-state index >= 15 is 0 Å². The summed E-state index contributed by atoms with van der Waals surface area (Å²) < 4.78 is 0. The van der Waals surface area contributed by atoms with Crippen LogP contribution in [0, 0.1) is 6.92 Å². The van der Waals surface area contributed by atoms with Crippen LogP contribution in [0.15, 0.2) is 29.3 Å². The highest BCUT2D eigenvalue weighted by Gasteiger charge is 2.16. The second-order valence-corrected chi connectivity index (χ2v) is 5.57. The molecule has 3 rings (SSSR count). The predicted molar refractivity (Wildman–Crippen MR) is 95.5 cm³/mol. The number of thioether (sulfide) groups is 1. The fraction of sp³-hybridized carbons (Fsp3) is 0.286. The van der Waals surface area contributed by atoms with Crippen LogP contribution in [0.25, 0.3) is 10.9 Å². The molecule has 0 radical (unpaired) electrons. The van der Waals surface area contributed by atoms with Crippen molar-refractivity contribution in [1.29, 1.82) is 0 Å². The molecule has 106 valence electrons. The number of H-pyrrole nitrogens is 1. The number of hydrogen-bond acceptors (Lipinski definition) is 4. The number of nitrogens with one attached hydrogen (secondary N) is 2. The monoisotopic (exact) mass is 401 g/mol. The number of amidine groups is 1. The Kier molecular flexibility index (Phi) is 5.09. The minimum atomic E-state index is 0. The Balaban J connectivity index is 0.00000147. The number of fused-ring (bicyclic) bond motifs is 1. The molecule has 0 aliphatic carbocycles. The van der Waals surface area contributed by atoms with Crippen LogP contribution in [0.3, 0.4) is 0 Å². The summed E-state index contributed by atoms with van der Waals surface area (Å²) in [6.45, 7) is 3.08. The zero-order valence-electron chi connectivity index (χ0n) is 11.1. The number of hydrogen-bond donors (Lipinski definition) is 2. The third-order valence-corrected chi connectivity index (χ3v) is 4.09. The summed E-state index contributed by atoms with van der Waals surface area (Å²) in [5, 5.41) is 4.98. The zero-order valence-corrected chi connectivity index (χ0v) is 14.2. The van der Waals surface area contributed by atoms with Crippen LogP contribution in [0.4, 0.5) is 0 Å². The fourth-order valence-electron chi connectivity index (χ4n) is 2.32. The molecular weight excluding hydrogens is 385 g/mol. The van der Waals surface area contributed by atoms with Gasteiger partial charge in [-0.3, -0.25) is 9.79 Å². The summed E-state index contributed by atoms with van der Waals surface area (Å²) >= 11 is 1.67. The van der Waals surface area contributed by atoms with Crippen LogP contribution in [-0.2, 0) is 0 Å². The van der Waals surface area contributed by atoms with Crippen molar-refractivity contribution in [2.45, 2.75) is 6.92 Å². The lowest BCUT2D eigenvalue weighted by Gasteiger charge is -2.04. The van der Waals surface area contributed by atoms with E-state index in [-0.39, 0.29) is 29.8 Å². The molecule has 0 spiro atoms. The van der Waals surface area contributed by atoms with Gasteiger partial charge in [0.1, 0.15) is 0 Å². The van der Waals surface area contributed by atoms with Gasteiger partial charge in [-0.1, -0.05) is 30.0 Å². The van der Waals surface area contributed by atoms with E-state index in [1.165, 1.54) is 0 Å². The van der Waals surface area contributed by atoms with E-state index in [9.17, 15) is 4.79 Å². The smallest absolute Gasteiger partial charge is 0.184 e. The number of carbonyl (C=O) groups excluding carboxylic acids is 1. The number of aromatic amines is 1. The van der Waals surface area contributed by atoms with Crippen molar-refractivity contribution in [3.8, 4) is 0 Å². The maximum Gasteiger partial charge on any atom is 0.184 e. The summed E-state index contributed by atoms with van der Waals surface area (Å²) in [6.07, 6.45) is 0. The predicted octanol–water partition coefficient (Wildman–Crippen LogP) is 2.97. The van der Waals surface area contributed by atoms with E-state index in [0.29, 0.717) is 6.54 Å². The second kappa shape index (κ2) is 6.62. The van der Waals surface area contributed by atoms with Gasteiger partial charge in [-0.25, -0.2) is 0 Å². The second-order valence-electron chi connectivity index (χ2n) is 4.48. The van der Waals surface area contributed by atoms with E-state index in [1.54, 1.807) is 11.8 Å². The lowest BCUT2D eigenvalue weighted by molar-refractivity contribution is 0.0997. The van der Waals surface area contributed by atoms with Gasteiger partial charge in [0.15, 0.2) is 11.0 Å². The normalized spacial score (nSPS) is 13.9. The first-order valence-corrected chi connectivity index (χ1v) is 7.26. The molecule has 20 heavy (non-hydrogen) atoms. The van der Waals surface area contributed by atoms with Gasteiger partial charge >= 0.3 is 0 Å². The van der Waals surface area contributed by atoms with E-state index < -0.39 is 0 Å². The highest BCUT2D eigenvalue weighted by atomic mass is 127. The van der Waals surface area contributed by atoms with Crippen molar-refractivity contribution in [3.05, 3.63) is 35.5 Å². The average molecular weight is 401 g/mol. The van der Waals surface area contributed by atoms with Gasteiger partial charge in [-0.05, 0) is 13.0 Å². The summed E-state index contributed by atoms with van der Waals surface area (Å²) in [6, 6.07) is 7.89. The third kappa shape index (κ3) is 3.01. The van der Waals surface area contributed by atoms with Crippen LogP contribution in [0.5, 0.6) is 0 Å². The van der Waals surface area contributed by atoms with Gasteiger partial charge < -0.3 is 10.3 Å². The van der Waals surface area contributed by atoms with Crippen LogP contribution < -0.4 is 5.32 Å². The number of aromatic nitrogens is 1. The molecule has 2 aromatic rings. The molecule has 4 nitrogen and oxygen atoms in total. The van der Waals surface area contributed by atoms with Gasteiger partial charge in [-0.15, -0.1) is 24.0 Å². The molecule has 1 aliphatic rings. The number of benzene rings is 1. The molecule has 0 amide bonds. The summed E-state index contributed by atoms with van der Waals surface area (Å²) in [5.41, 5.74) is 2.72. The van der Waals surface area contributed by atoms with Gasteiger partial charge in [0.25, 0.3) is 0 Å². The van der Waals surface area contributed by atoms with Crippen molar-refractivity contribution in [1.82, 2.24) is 10.3 Å². The topological polar surface area (TPSA) is 57.2 Å². The van der Waals surface area contributed by atoms with Gasteiger partial charge in [-0.2, -0.15) is 0 Å². The molecule has 0 saturated carbocycles. The van der Waals surface area contributed by atoms with Crippen molar-refractivity contribution < 1.29 is 4.79 Å². The number of halogens is 1. The van der Waals surface area contributed by atoms with Gasteiger partial charge in [0.2, 0.25) is 0 Å². The van der Waals surface area contributed by atoms with Crippen LogP contribution in [0.2, 0.25) is 0 Å². The maximum absolute atomic E-state index is 12.4. The number of rotatable bonds is 3. The van der Waals surface area contributed by atoms with Gasteiger partial charge in [0, 0.05) is 27.9 Å². The molecule has 1 aliphatic heterocycles. The molecule has 1 aromatic heterocycles. The molecule has 0 saturated heterocycles. The van der Waals surface area contributed by atoms with Crippen LogP contribution in [-0.4, -0.2) is 34.8 Å². The average Bonchev–Trinajstić information content (AvgIpc) is 3.02. The third-order valence-electron chi connectivity index (χ3n) is 3.16. The number of para-hydroxylation sites is 1. The Morgan fingerprint density at radius 1 is 1.45 bits per heavy atom. The quantitative estimate of drug-likeness (QED) is 0.614. The first-order chi connectivity index (χ1) is 9.25. The van der Waals surface area contributed by atoms with E-state index in [2.05, 4.69) is 15.3 Å². The van der Waals surface area contributed by atoms with E-state index in [1.807, 2.05) is 31.2 Å². The SMILES string of the molecule is Cc1[nH]c2ccccc2c1C(=O)CNC1=NCCS1.I. The molecule has 0 unspecified atom stereocenters. The molecule has 0 atom stereocenters. The fourth-order valence-corrected chi connectivity index (χ4v) is 3.06. The molecule has 0 bridgehead atoms. The van der Waals surface area contributed by atoms with Crippen molar-refractivity contribution in [2.75, 3.05) is 18.8 Å². The molecule has 2 heterocycles. The number of aliphatic imine (C=N–C) groups is 1. The van der Waals surface area contributed by atoms with Crippen molar-refractivity contribution in [2.24, 2.45) is 4.99 Å².